The number of nitrogens with one attached hydrogen (secondary N) is 1. The average molecular weight is 484 g/mol. The first-order chi connectivity index (χ1) is 14.9. The number of carbonyl (C=O) groups is 2. The number of furan rings is 1. The molecule has 31 heavy (non-hydrogen) atoms. The summed E-state index contributed by atoms with van der Waals surface area (Å²) in [5, 5.41) is 2.93. The second-order valence-corrected chi connectivity index (χ2v) is 8.88. The third-order valence-corrected chi connectivity index (χ3v) is 6.39. The molecule has 0 aliphatic carbocycles. The van der Waals surface area contributed by atoms with Crippen LogP contribution in [0.5, 0.6) is 0 Å². The minimum atomic E-state index is -0.0758. The van der Waals surface area contributed by atoms with Gasteiger partial charge in [-0.2, -0.15) is 0 Å². The zero-order chi connectivity index (χ0) is 22.0. The summed E-state index contributed by atoms with van der Waals surface area (Å²) in [6, 6.07) is 13.7. The van der Waals surface area contributed by atoms with Gasteiger partial charge in [-0.15, -0.1) is 0 Å². The number of nitrogens with zero attached hydrogens (tertiary/aromatic N) is 2. The fourth-order valence-electron chi connectivity index (χ4n) is 4.24. The second-order valence-electron chi connectivity index (χ2n) is 7.96. The van der Waals surface area contributed by atoms with Crippen LogP contribution in [0.4, 0.5) is 0 Å². The number of piperidine rings is 1. The summed E-state index contributed by atoms with van der Waals surface area (Å²) in [4.78, 5) is 27.6. The van der Waals surface area contributed by atoms with E-state index in [9.17, 15) is 9.59 Å². The molecule has 1 fully saturated rings. The Morgan fingerprint density at radius 1 is 1.13 bits per heavy atom. The van der Waals surface area contributed by atoms with Gasteiger partial charge in [-0.05, 0) is 63.1 Å². The van der Waals surface area contributed by atoms with E-state index in [1.807, 2.05) is 55.1 Å². The SMILES string of the molecule is Cc1cc(C(=O)N2CCC(C(=O)NCc3ccco3)CC2)c(C)n1-c1cccc(Br)c1. The molecule has 0 radical (unpaired) electrons. The summed E-state index contributed by atoms with van der Waals surface area (Å²) in [7, 11) is 0. The maximum Gasteiger partial charge on any atom is 0.255 e. The van der Waals surface area contributed by atoms with Crippen LogP contribution in [-0.4, -0.2) is 34.4 Å². The fraction of sp³-hybridized carbons (Fsp3) is 0.333. The van der Waals surface area contributed by atoms with Crippen LogP contribution in [0.15, 0.2) is 57.6 Å². The van der Waals surface area contributed by atoms with Gasteiger partial charge in [0.15, 0.2) is 0 Å². The predicted octanol–water partition coefficient (Wildman–Crippen LogP) is 4.62. The summed E-state index contributed by atoms with van der Waals surface area (Å²) in [6.45, 7) is 5.55. The highest BCUT2D eigenvalue weighted by molar-refractivity contribution is 9.10. The van der Waals surface area contributed by atoms with Crippen molar-refractivity contribution in [2.24, 2.45) is 5.92 Å². The van der Waals surface area contributed by atoms with Gasteiger partial charge in [-0.1, -0.05) is 22.0 Å². The summed E-state index contributed by atoms with van der Waals surface area (Å²) in [6.07, 6.45) is 2.93. The molecule has 6 nitrogen and oxygen atoms in total. The summed E-state index contributed by atoms with van der Waals surface area (Å²) >= 11 is 3.52. The molecule has 0 atom stereocenters. The Balaban J connectivity index is 1.40. The molecule has 1 N–H and O–H groups in total. The third kappa shape index (κ3) is 4.61. The Bertz CT molecular complexity index is 1080. The van der Waals surface area contributed by atoms with Gasteiger partial charge >= 0.3 is 0 Å². The number of likely N-dealkylation sites (tertiary alicyclic amines) is 1. The van der Waals surface area contributed by atoms with Crippen molar-refractivity contribution in [3.63, 3.8) is 0 Å². The van der Waals surface area contributed by atoms with E-state index in [0.717, 1.165) is 32.9 Å². The normalized spacial score (nSPS) is 14.6. The maximum atomic E-state index is 13.2. The molecule has 1 aliphatic heterocycles. The van der Waals surface area contributed by atoms with Crippen LogP contribution in [0.1, 0.15) is 40.3 Å². The van der Waals surface area contributed by atoms with E-state index in [0.29, 0.717) is 32.5 Å². The van der Waals surface area contributed by atoms with E-state index in [1.165, 1.54) is 0 Å². The van der Waals surface area contributed by atoms with Gasteiger partial charge in [0.1, 0.15) is 5.76 Å². The van der Waals surface area contributed by atoms with Gasteiger partial charge in [-0.25, -0.2) is 0 Å². The third-order valence-electron chi connectivity index (χ3n) is 5.90. The fourth-order valence-corrected chi connectivity index (χ4v) is 4.63. The van der Waals surface area contributed by atoms with Crippen LogP contribution >= 0.6 is 15.9 Å². The molecule has 1 saturated heterocycles. The Morgan fingerprint density at radius 2 is 1.90 bits per heavy atom. The van der Waals surface area contributed by atoms with E-state index in [2.05, 4.69) is 25.8 Å². The zero-order valence-corrected chi connectivity index (χ0v) is 19.3. The number of carbonyl (C=O) groups excluding carboxylic acids is 2. The van der Waals surface area contributed by atoms with Crippen molar-refractivity contribution in [2.45, 2.75) is 33.2 Å². The van der Waals surface area contributed by atoms with Crippen molar-refractivity contribution < 1.29 is 14.0 Å². The lowest BCUT2D eigenvalue weighted by atomic mass is 9.95. The van der Waals surface area contributed by atoms with Crippen molar-refractivity contribution in [3.05, 3.63) is 75.9 Å². The van der Waals surface area contributed by atoms with Crippen LogP contribution in [0, 0.1) is 19.8 Å². The minimum absolute atomic E-state index is 0.0244. The van der Waals surface area contributed by atoms with E-state index in [1.54, 1.807) is 12.3 Å². The highest BCUT2D eigenvalue weighted by atomic mass is 79.9. The van der Waals surface area contributed by atoms with Crippen LogP contribution in [0.25, 0.3) is 5.69 Å². The van der Waals surface area contributed by atoms with E-state index in [4.69, 9.17) is 4.42 Å². The molecule has 0 bridgehead atoms. The van der Waals surface area contributed by atoms with Crippen molar-refractivity contribution in [1.29, 1.82) is 0 Å². The monoisotopic (exact) mass is 483 g/mol. The van der Waals surface area contributed by atoms with Crippen LogP contribution in [0.2, 0.25) is 0 Å². The first kappa shape index (κ1) is 21.4. The molecule has 1 aliphatic rings. The molecule has 7 heteroatoms. The van der Waals surface area contributed by atoms with E-state index >= 15 is 0 Å². The maximum absolute atomic E-state index is 13.2. The standard InChI is InChI=1S/C24H26BrN3O3/c1-16-13-22(17(2)28(16)20-6-3-5-19(25)14-20)24(30)27-10-8-18(9-11-27)23(29)26-15-21-7-4-12-31-21/h3-7,12-14,18H,8-11,15H2,1-2H3,(H,26,29). The van der Waals surface area contributed by atoms with E-state index < -0.39 is 0 Å². The number of aryl methyl sites for hydroxylation is 1. The van der Waals surface area contributed by atoms with Crippen molar-refractivity contribution in [2.75, 3.05) is 13.1 Å². The Labute approximate surface area is 190 Å². The number of amides is 2. The first-order valence-corrected chi connectivity index (χ1v) is 11.3. The number of hydrogen-bond donors (Lipinski definition) is 1. The molecule has 3 heterocycles. The van der Waals surface area contributed by atoms with Gasteiger partial charge < -0.3 is 19.2 Å². The molecule has 162 valence electrons. The lowest BCUT2D eigenvalue weighted by molar-refractivity contribution is -0.126. The molecule has 0 spiro atoms. The van der Waals surface area contributed by atoms with E-state index in [-0.39, 0.29) is 17.7 Å². The van der Waals surface area contributed by atoms with Crippen LogP contribution in [0.3, 0.4) is 0 Å². The second kappa shape index (κ2) is 9.14. The Kier molecular flexibility index (Phi) is 6.32. The molecule has 1 aromatic carbocycles. The summed E-state index contributed by atoms with van der Waals surface area (Å²) in [5.41, 5.74) is 3.69. The molecular formula is C24H26BrN3O3. The predicted molar refractivity (Wildman–Crippen MR) is 122 cm³/mol. The molecule has 3 aromatic rings. The Morgan fingerprint density at radius 3 is 2.58 bits per heavy atom. The topological polar surface area (TPSA) is 67.5 Å². The molecule has 4 rings (SSSR count). The number of halogens is 1. The van der Waals surface area contributed by atoms with Gasteiger partial charge in [0.05, 0.1) is 18.4 Å². The average Bonchev–Trinajstić information content (AvgIpc) is 3.39. The summed E-state index contributed by atoms with van der Waals surface area (Å²) < 4.78 is 8.36. The van der Waals surface area contributed by atoms with Crippen LogP contribution < -0.4 is 5.32 Å². The lowest BCUT2D eigenvalue weighted by Crippen LogP contribution is -2.43. The van der Waals surface area contributed by atoms with Crippen molar-refractivity contribution >= 4 is 27.7 Å². The molecule has 0 saturated carbocycles. The van der Waals surface area contributed by atoms with Gasteiger partial charge in [0.2, 0.25) is 5.91 Å². The number of benzene rings is 1. The highest BCUT2D eigenvalue weighted by Crippen LogP contribution is 2.26. The molecule has 2 amide bonds. The largest absolute Gasteiger partial charge is 0.467 e. The van der Waals surface area contributed by atoms with Crippen LogP contribution in [-0.2, 0) is 11.3 Å². The summed E-state index contributed by atoms with van der Waals surface area (Å²) in [5.74, 6) is 0.718. The minimum Gasteiger partial charge on any atom is -0.467 e. The number of hydrogen-bond acceptors (Lipinski definition) is 3. The van der Waals surface area contributed by atoms with Gasteiger partial charge in [0.25, 0.3) is 5.91 Å². The number of rotatable bonds is 5. The smallest absolute Gasteiger partial charge is 0.255 e. The Hall–Kier alpha value is -2.80. The molecular weight excluding hydrogens is 458 g/mol. The van der Waals surface area contributed by atoms with Crippen molar-refractivity contribution in [3.8, 4) is 5.69 Å². The van der Waals surface area contributed by atoms with Gasteiger partial charge in [-0.3, -0.25) is 9.59 Å². The number of aromatic nitrogens is 1. The lowest BCUT2D eigenvalue weighted by Gasteiger charge is -2.31. The quantitative estimate of drug-likeness (QED) is 0.575. The zero-order valence-electron chi connectivity index (χ0n) is 17.7. The van der Waals surface area contributed by atoms with Gasteiger partial charge in [0, 0.05) is 40.6 Å². The first-order valence-electron chi connectivity index (χ1n) is 10.5. The highest BCUT2D eigenvalue weighted by Gasteiger charge is 2.29. The molecule has 2 aromatic heterocycles. The van der Waals surface area contributed by atoms with Crippen molar-refractivity contribution in [1.82, 2.24) is 14.8 Å². The molecule has 0 unspecified atom stereocenters.